The molecule has 3 N–H and O–H groups in total. The molecular formula is C9H13F3N2O2S2. The minimum absolute atomic E-state index is 0.0115. The maximum atomic E-state index is 11.9. The highest BCUT2D eigenvalue weighted by Gasteiger charge is 2.28. The van der Waals surface area contributed by atoms with Crippen LogP contribution in [-0.4, -0.2) is 21.1 Å². The van der Waals surface area contributed by atoms with Crippen LogP contribution in [0.3, 0.4) is 0 Å². The van der Waals surface area contributed by atoms with E-state index in [1.54, 1.807) is 6.92 Å². The van der Waals surface area contributed by atoms with Crippen LogP contribution >= 0.6 is 11.3 Å². The zero-order valence-corrected chi connectivity index (χ0v) is 11.2. The topological polar surface area (TPSA) is 72.2 Å². The molecule has 0 fully saturated rings. The van der Waals surface area contributed by atoms with Crippen molar-refractivity contribution < 1.29 is 21.6 Å². The van der Waals surface area contributed by atoms with Crippen molar-refractivity contribution in [2.24, 2.45) is 5.73 Å². The van der Waals surface area contributed by atoms with Crippen molar-refractivity contribution in [2.75, 3.05) is 6.54 Å². The van der Waals surface area contributed by atoms with Gasteiger partial charge >= 0.3 is 6.18 Å². The van der Waals surface area contributed by atoms with Crippen molar-refractivity contribution in [2.45, 2.75) is 30.3 Å². The van der Waals surface area contributed by atoms with E-state index in [1.807, 2.05) is 4.72 Å². The SMILES string of the molecule is Cc1cc(S(=O)(=O)NCCC(F)(F)F)sc1CN. The third-order valence-electron chi connectivity index (χ3n) is 2.15. The zero-order chi connectivity index (χ0) is 14.0. The van der Waals surface area contributed by atoms with Gasteiger partial charge in [0.05, 0.1) is 6.42 Å². The maximum Gasteiger partial charge on any atom is 0.390 e. The van der Waals surface area contributed by atoms with Crippen LogP contribution < -0.4 is 10.5 Å². The molecule has 1 heterocycles. The summed E-state index contributed by atoms with van der Waals surface area (Å²) >= 11 is 0.968. The van der Waals surface area contributed by atoms with Crippen molar-refractivity contribution in [3.63, 3.8) is 0 Å². The van der Waals surface area contributed by atoms with Gasteiger partial charge in [-0.15, -0.1) is 11.3 Å². The molecule has 0 radical (unpaired) electrons. The molecule has 0 unspecified atom stereocenters. The summed E-state index contributed by atoms with van der Waals surface area (Å²) in [4.78, 5) is 0.700. The first-order valence-corrected chi connectivity index (χ1v) is 7.31. The fraction of sp³-hybridized carbons (Fsp3) is 0.556. The monoisotopic (exact) mass is 302 g/mol. The molecular weight excluding hydrogens is 289 g/mol. The summed E-state index contributed by atoms with van der Waals surface area (Å²) in [6.07, 6.45) is -5.57. The molecule has 0 aliphatic rings. The zero-order valence-electron chi connectivity index (χ0n) is 9.54. The molecule has 4 nitrogen and oxygen atoms in total. The fourth-order valence-electron chi connectivity index (χ4n) is 1.22. The molecule has 0 atom stereocenters. The summed E-state index contributed by atoms with van der Waals surface area (Å²) in [5, 5.41) is 0. The Balaban J connectivity index is 2.74. The maximum absolute atomic E-state index is 11.9. The Morgan fingerprint density at radius 1 is 1.44 bits per heavy atom. The van der Waals surface area contributed by atoms with Crippen molar-refractivity contribution in [1.29, 1.82) is 0 Å². The van der Waals surface area contributed by atoms with E-state index in [9.17, 15) is 21.6 Å². The summed E-state index contributed by atoms with van der Waals surface area (Å²) in [5.41, 5.74) is 6.13. The smallest absolute Gasteiger partial charge is 0.326 e. The lowest BCUT2D eigenvalue weighted by atomic mass is 10.3. The Labute approximate surface area is 107 Å². The van der Waals surface area contributed by atoms with Gasteiger partial charge in [0.25, 0.3) is 0 Å². The summed E-state index contributed by atoms with van der Waals surface area (Å²) < 4.78 is 61.0. The molecule has 1 aromatic rings. The van der Waals surface area contributed by atoms with E-state index in [2.05, 4.69) is 0 Å². The van der Waals surface area contributed by atoms with E-state index < -0.39 is 29.2 Å². The minimum Gasteiger partial charge on any atom is -0.326 e. The molecule has 0 spiro atoms. The van der Waals surface area contributed by atoms with E-state index in [1.165, 1.54) is 6.07 Å². The van der Waals surface area contributed by atoms with Gasteiger partial charge in [-0.1, -0.05) is 0 Å². The Kier molecular flexibility index (Phi) is 4.76. The molecule has 0 bridgehead atoms. The number of hydrogen-bond acceptors (Lipinski definition) is 4. The van der Waals surface area contributed by atoms with Crippen molar-refractivity contribution in [3.8, 4) is 0 Å². The predicted octanol–water partition coefficient (Wildman–Crippen LogP) is 1.75. The number of sulfonamides is 1. The van der Waals surface area contributed by atoms with Gasteiger partial charge in [0, 0.05) is 18.0 Å². The number of hydrogen-bond donors (Lipinski definition) is 2. The highest BCUT2D eigenvalue weighted by atomic mass is 32.2. The normalized spacial score (nSPS) is 12.9. The lowest BCUT2D eigenvalue weighted by Gasteiger charge is -2.07. The van der Waals surface area contributed by atoms with Crippen LogP contribution in [0.15, 0.2) is 10.3 Å². The largest absolute Gasteiger partial charge is 0.390 e. The number of halogens is 3. The molecule has 0 aliphatic heterocycles. The van der Waals surface area contributed by atoms with Crippen LogP contribution in [0.1, 0.15) is 16.9 Å². The molecule has 0 amide bonds. The van der Waals surface area contributed by atoms with E-state index in [0.29, 0.717) is 4.88 Å². The summed E-state index contributed by atoms with van der Waals surface area (Å²) in [6.45, 7) is 1.24. The molecule has 0 aliphatic carbocycles. The Morgan fingerprint density at radius 3 is 2.50 bits per heavy atom. The Bertz CT molecular complexity index is 508. The molecule has 9 heteroatoms. The summed E-state index contributed by atoms with van der Waals surface area (Å²) in [5.74, 6) is 0. The quantitative estimate of drug-likeness (QED) is 0.870. The second-order valence-corrected chi connectivity index (χ2v) is 6.77. The number of aryl methyl sites for hydroxylation is 1. The van der Waals surface area contributed by atoms with Gasteiger partial charge < -0.3 is 5.73 Å². The second kappa shape index (κ2) is 5.55. The van der Waals surface area contributed by atoms with Gasteiger partial charge in [0.15, 0.2) is 0 Å². The molecule has 0 saturated carbocycles. The Morgan fingerprint density at radius 2 is 2.06 bits per heavy atom. The van der Waals surface area contributed by atoms with Crippen molar-refractivity contribution >= 4 is 21.4 Å². The molecule has 104 valence electrons. The first-order valence-electron chi connectivity index (χ1n) is 5.01. The molecule has 1 aromatic heterocycles. The van der Waals surface area contributed by atoms with Crippen LogP contribution in [0.25, 0.3) is 0 Å². The van der Waals surface area contributed by atoms with Crippen molar-refractivity contribution in [1.82, 2.24) is 4.72 Å². The van der Waals surface area contributed by atoms with Gasteiger partial charge in [-0.2, -0.15) is 13.2 Å². The third-order valence-corrected chi connectivity index (χ3v) is 5.34. The average Bonchev–Trinajstić information content (AvgIpc) is 2.58. The first kappa shape index (κ1) is 15.4. The summed E-state index contributed by atoms with van der Waals surface area (Å²) in [7, 11) is -3.88. The van der Waals surface area contributed by atoms with Crippen LogP contribution in [-0.2, 0) is 16.6 Å². The van der Waals surface area contributed by atoms with Crippen LogP contribution in [0.2, 0.25) is 0 Å². The van der Waals surface area contributed by atoms with Crippen LogP contribution in [0.5, 0.6) is 0 Å². The van der Waals surface area contributed by atoms with Crippen molar-refractivity contribution in [3.05, 3.63) is 16.5 Å². The molecule has 18 heavy (non-hydrogen) atoms. The molecule has 1 rings (SSSR count). The standard InChI is InChI=1S/C9H13F3N2O2S2/c1-6-4-8(17-7(6)5-13)18(15,16)14-3-2-9(10,11)12/h4,14H,2-3,5,13H2,1H3. The molecule has 0 aromatic carbocycles. The Hall–Kier alpha value is -0.640. The lowest BCUT2D eigenvalue weighted by molar-refractivity contribution is -0.132. The average molecular weight is 302 g/mol. The summed E-state index contributed by atoms with van der Waals surface area (Å²) in [6, 6.07) is 1.41. The second-order valence-electron chi connectivity index (χ2n) is 3.64. The van der Waals surface area contributed by atoms with Crippen LogP contribution in [0, 0.1) is 6.92 Å². The van der Waals surface area contributed by atoms with Gasteiger partial charge in [-0.05, 0) is 18.6 Å². The fourth-order valence-corrected chi connectivity index (χ4v) is 3.77. The van der Waals surface area contributed by atoms with Crippen LogP contribution in [0.4, 0.5) is 13.2 Å². The number of alkyl halides is 3. The van der Waals surface area contributed by atoms with Gasteiger partial charge in [-0.25, -0.2) is 13.1 Å². The van der Waals surface area contributed by atoms with E-state index in [0.717, 1.165) is 16.9 Å². The number of nitrogens with two attached hydrogens (primary N) is 1. The number of nitrogens with one attached hydrogen (secondary N) is 1. The predicted molar refractivity (Wildman–Crippen MR) is 62.8 cm³/mol. The van der Waals surface area contributed by atoms with Gasteiger partial charge in [0.1, 0.15) is 4.21 Å². The van der Waals surface area contributed by atoms with E-state index in [-0.39, 0.29) is 10.8 Å². The number of thiophene rings is 1. The van der Waals surface area contributed by atoms with Gasteiger partial charge in [-0.3, -0.25) is 0 Å². The van der Waals surface area contributed by atoms with E-state index >= 15 is 0 Å². The minimum atomic E-state index is -4.38. The lowest BCUT2D eigenvalue weighted by Crippen LogP contribution is -2.27. The van der Waals surface area contributed by atoms with E-state index in [4.69, 9.17) is 5.73 Å². The highest BCUT2D eigenvalue weighted by molar-refractivity contribution is 7.91. The third kappa shape index (κ3) is 4.23. The number of rotatable bonds is 5. The molecule has 0 saturated heterocycles. The first-order chi connectivity index (χ1) is 8.15. The van der Waals surface area contributed by atoms with Gasteiger partial charge in [0.2, 0.25) is 10.0 Å². The highest BCUT2D eigenvalue weighted by Crippen LogP contribution is 2.25.